The summed E-state index contributed by atoms with van der Waals surface area (Å²) in [6.45, 7) is 5.61. The lowest BCUT2D eigenvalue weighted by molar-refractivity contribution is 0.0723. The van der Waals surface area contributed by atoms with Crippen LogP contribution in [0.15, 0.2) is 30.3 Å². The second-order valence-corrected chi connectivity index (χ2v) is 7.32. The zero-order valence-corrected chi connectivity index (χ0v) is 14.3. The lowest BCUT2D eigenvalue weighted by atomic mass is 10.0. The van der Waals surface area contributed by atoms with E-state index in [2.05, 4.69) is 12.2 Å². The summed E-state index contributed by atoms with van der Waals surface area (Å²) in [5.74, 6) is -0.0797. The quantitative estimate of drug-likeness (QED) is 0.913. The van der Waals surface area contributed by atoms with Crippen LogP contribution in [-0.2, 0) is 0 Å². The molecule has 5 heteroatoms. The lowest BCUT2D eigenvalue weighted by Gasteiger charge is -2.32. The number of carbonyl (C=O) groups is 1. The molecule has 0 aliphatic carbocycles. The number of likely N-dealkylation sites (tertiary alicyclic amines) is 1. The van der Waals surface area contributed by atoms with E-state index in [0.29, 0.717) is 6.04 Å². The number of halogens is 1. The van der Waals surface area contributed by atoms with E-state index in [9.17, 15) is 9.18 Å². The number of hydrogen-bond acceptors (Lipinski definition) is 3. The summed E-state index contributed by atoms with van der Waals surface area (Å²) < 4.78 is 12.9. The number of nitrogens with one attached hydrogen (secondary N) is 1. The van der Waals surface area contributed by atoms with Gasteiger partial charge in [-0.1, -0.05) is 0 Å². The summed E-state index contributed by atoms with van der Waals surface area (Å²) in [6, 6.07) is 8.75. The number of hydrogen-bond donors (Lipinski definition) is 1. The number of nitrogens with zero attached hydrogens (tertiary/aromatic N) is 1. The Morgan fingerprint density at radius 1 is 1.22 bits per heavy atom. The third kappa shape index (κ3) is 3.72. The highest BCUT2D eigenvalue weighted by Crippen LogP contribution is 2.24. The van der Waals surface area contributed by atoms with E-state index in [-0.39, 0.29) is 11.7 Å². The molecule has 23 heavy (non-hydrogen) atoms. The molecular formula is C18H21FN2OS. The maximum atomic E-state index is 12.9. The van der Waals surface area contributed by atoms with Crippen LogP contribution < -0.4 is 5.32 Å². The summed E-state index contributed by atoms with van der Waals surface area (Å²) in [6.07, 6.45) is 1.82. The van der Waals surface area contributed by atoms with Crippen LogP contribution >= 0.6 is 11.3 Å². The van der Waals surface area contributed by atoms with E-state index in [1.54, 1.807) is 23.5 Å². The van der Waals surface area contributed by atoms with Gasteiger partial charge >= 0.3 is 0 Å². The highest BCUT2D eigenvalue weighted by molar-refractivity contribution is 7.14. The molecule has 0 spiro atoms. The van der Waals surface area contributed by atoms with Crippen molar-refractivity contribution >= 4 is 22.9 Å². The summed E-state index contributed by atoms with van der Waals surface area (Å²) in [4.78, 5) is 16.5. The number of thiophene rings is 1. The van der Waals surface area contributed by atoms with Gasteiger partial charge in [0.05, 0.1) is 4.88 Å². The number of aryl methyl sites for hydroxylation is 2. The summed E-state index contributed by atoms with van der Waals surface area (Å²) in [5.41, 5.74) is 2.12. The first-order valence-electron chi connectivity index (χ1n) is 7.91. The molecule has 0 atom stereocenters. The molecule has 1 aromatic heterocycles. The Hall–Kier alpha value is -1.88. The minimum absolute atomic E-state index is 0.145. The molecule has 3 nitrogen and oxygen atoms in total. The van der Waals surface area contributed by atoms with Gasteiger partial charge in [0.1, 0.15) is 5.82 Å². The fourth-order valence-corrected chi connectivity index (χ4v) is 3.85. The zero-order valence-electron chi connectivity index (χ0n) is 13.4. The Bertz CT molecular complexity index is 668. The van der Waals surface area contributed by atoms with E-state index in [0.717, 1.165) is 36.5 Å². The Morgan fingerprint density at radius 3 is 2.43 bits per heavy atom. The second kappa shape index (κ2) is 6.71. The van der Waals surface area contributed by atoms with E-state index >= 15 is 0 Å². The minimum atomic E-state index is -0.225. The van der Waals surface area contributed by atoms with E-state index in [1.165, 1.54) is 22.6 Å². The van der Waals surface area contributed by atoms with Gasteiger partial charge in [-0.15, -0.1) is 11.3 Å². The molecule has 0 bridgehead atoms. The maximum absolute atomic E-state index is 12.9. The van der Waals surface area contributed by atoms with Crippen molar-refractivity contribution in [1.82, 2.24) is 4.90 Å². The van der Waals surface area contributed by atoms with Crippen molar-refractivity contribution in [3.8, 4) is 0 Å². The van der Waals surface area contributed by atoms with E-state index in [1.807, 2.05) is 17.9 Å². The van der Waals surface area contributed by atoms with Gasteiger partial charge in [0.2, 0.25) is 0 Å². The Kier molecular flexibility index (Phi) is 4.66. The van der Waals surface area contributed by atoms with Crippen LogP contribution in [0.2, 0.25) is 0 Å². The number of amides is 1. The number of carbonyl (C=O) groups excluding carboxylic acids is 1. The van der Waals surface area contributed by atoms with Gasteiger partial charge in [-0.3, -0.25) is 4.79 Å². The normalized spacial score (nSPS) is 15.7. The van der Waals surface area contributed by atoms with Crippen molar-refractivity contribution < 1.29 is 9.18 Å². The largest absolute Gasteiger partial charge is 0.382 e. The number of anilines is 1. The van der Waals surface area contributed by atoms with Crippen molar-refractivity contribution in [3.05, 3.63) is 51.5 Å². The Balaban J connectivity index is 1.55. The monoisotopic (exact) mass is 332 g/mol. The fourth-order valence-electron chi connectivity index (χ4n) is 2.84. The van der Waals surface area contributed by atoms with E-state index < -0.39 is 0 Å². The highest BCUT2D eigenvalue weighted by Gasteiger charge is 2.24. The second-order valence-electron chi connectivity index (χ2n) is 6.07. The molecule has 1 saturated heterocycles. The van der Waals surface area contributed by atoms with Crippen LogP contribution in [0.25, 0.3) is 0 Å². The van der Waals surface area contributed by atoms with Crippen LogP contribution in [-0.4, -0.2) is 29.9 Å². The standard InChI is InChI=1S/C18H21FN2OS/c1-12-11-17(23-13(12)2)18(22)21-9-7-16(8-10-21)20-15-5-3-14(19)4-6-15/h3-6,11,16,20H,7-10H2,1-2H3. The molecule has 0 saturated carbocycles. The molecule has 2 heterocycles. The highest BCUT2D eigenvalue weighted by atomic mass is 32.1. The van der Waals surface area contributed by atoms with Crippen LogP contribution in [0.5, 0.6) is 0 Å². The van der Waals surface area contributed by atoms with Crippen LogP contribution in [0.3, 0.4) is 0 Å². The average Bonchev–Trinajstić information content (AvgIpc) is 2.89. The van der Waals surface area contributed by atoms with Crippen LogP contribution in [0.4, 0.5) is 10.1 Å². The molecule has 1 amide bonds. The molecule has 1 N–H and O–H groups in total. The van der Waals surface area contributed by atoms with Gasteiger partial charge in [0.15, 0.2) is 0 Å². The summed E-state index contributed by atoms with van der Waals surface area (Å²) in [5, 5.41) is 3.42. The van der Waals surface area contributed by atoms with Crippen LogP contribution in [0.1, 0.15) is 33.0 Å². The van der Waals surface area contributed by atoms with Crippen molar-refractivity contribution in [3.63, 3.8) is 0 Å². The van der Waals surface area contributed by atoms with Gasteiger partial charge < -0.3 is 10.2 Å². The topological polar surface area (TPSA) is 32.3 Å². The maximum Gasteiger partial charge on any atom is 0.263 e. The predicted molar refractivity (Wildman–Crippen MR) is 92.7 cm³/mol. The smallest absolute Gasteiger partial charge is 0.263 e. The first-order chi connectivity index (χ1) is 11.0. The summed E-state index contributed by atoms with van der Waals surface area (Å²) >= 11 is 1.58. The van der Waals surface area contributed by atoms with Crippen molar-refractivity contribution in [2.45, 2.75) is 32.7 Å². The van der Waals surface area contributed by atoms with Gasteiger partial charge in [0, 0.05) is 29.7 Å². The van der Waals surface area contributed by atoms with Gasteiger partial charge in [-0.25, -0.2) is 4.39 Å². The molecular weight excluding hydrogens is 311 g/mol. The molecule has 122 valence electrons. The molecule has 0 unspecified atom stereocenters. The third-order valence-corrected chi connectivity index (χ3v) is 5.51. The van der Waals surface area contributed by atoms with Crippen LogP contribution in [0, 0.1) is 19.7 Å². The van der Waals surface area contributed by atoms with E-state index in [4.69, 9.17) is 0 Å². The zero-order chi connectivity index (χ0) is 16.4. The summed E-state index contributed by atoms with van der Waals surface area (Å²) in [7, 11) is 0. The molecule has 1 fully saturated rings. The average molecular weight is 332 g/mol. The Morgan fingerprint density at radius 2 is 1.87 bits per heavy atom. The first kappa shape index (κ1) is 16.0. The molecule has 3 rings (SSSR count). The van der Waals surface area contributed by atoms with Gasteiger partial charge in [0.25, 0.3) is 5.91 Å². The third-order valence-electron chi connectivity index (χ3n) is 4.37. The Labute approximate surface area is 140 Å². The lowest BCUT2D eigenvalue weighted by Crippen LogP contribution is -2.42. The van der Waals surface area contributed by atoms with Crippen molar-refractivity contribution in [1.29, 1.82) is 0 Å². The molecule has 2 aromatic rings. The fraction of sp³-hybridized carbons (Fsp3) is 0.389. The van der Waals surface area contributed by atoms with Crippen molar-refractivity contribution in [2.24, 2.45) is 0 Å². The SMILES string of the molecule is Cc1cc(C(=O)N2CCC(Nc3ccc(F)cc3)CC2)sc1C. The number of benzene rings is 1. The van der Waals surface area contributed by atoms with Gasteiger partial charge in [-0.05, 0) is 62.6 Å². The molecule has 1 aliphatic rings. The van der Waals surface area contributed by atoms with Gasteiger partial charge in [-0.2, -0.15) is 0 Å². The number of rotatable bonds is 3. The predicted octanol–water partition coefficient (Wildman–Crippen LogP) is 4.22. The van der Waals surface area contributed by atoms with Crippen molar-refractivity contribution in [2.75, 3.05) is 18.4 Å². The molecule has 1 aromatic carbocycles. The molecule has 1 aliphatic heterocycles. The number of piperidine rings is 1. The molecule has 0 radical (unpaired) electrons. The minimum Gasteiger partial charge on any atom is -0.382 e. The first-order valence-corrected chi connectivity index (χ1v) is 8.73.